The van der Waals surface area contributed by atoms with Crippen LogP contribution in [0, 0.1) is 0 Å². The quantitative estimate of drug-likeness (QED) is 0.436. The molecule has 2 N–H and O–H groups in total. The van der Waals surface area contributed by atoms with Gasteiger partial charge in [0.25, 0.3) is 5.56 Å². The van der Waals surface area contributed by atoms with Crippen molar-refractivity contribution < 1.29 is 9.53 Å². The Hall–Kier alpha value is -4.46. The van der Waals surface area contributed by atoms with E-state index in [1.165, 1.54) is 12.1 Å². The number of fused-ring (bicyclic) bond motifs is 1. The molecule has 0 aliphatic rings. The van der Waals surface area contributed by atoms with Crippen LogP contribution < -0.4 is 20.9 Å². The Balaban J connectivity index is 1.70. The van der Waals surface area contributed by atoms with Gasteiger partial charge in [-0.25, -0.2) is 4.98 Å². The highest BCUT2D eigenvalue weighted by Gasteiger charge is 2.10. The molecule has 1 amide bonds. The van der Waals surface area contributed by atoms with Crippen molar-refractivity contribution in [3.05, 3.63) is 95.4 Å². The van der Waals surface area contributed by atoms with Gasteiger partial charge in [0.15, 0.2) is 0 Å². The molecule has 8 nitrogen and oxygen atoms in total. The van der Waals surface area contributed by atoms with E-state index in [2.05, 4.69) is 27.2 Å². The topological polar surface area (TPSA) is 98.1 Å². The molecule has 0 atom stereocenters. The van der Waals surface area contributed by atoms with E-state index in [1.807, 2.05) is 42.5 Å². The van der Waals surface area contributed by atoms with Gasteiger partial charge in [0.05, 0.1) is 19.3 Å². The van der Waals surface area contributed by atoms with E-state index >= 15 is 0 Å². The van der Waals surface area contributed by atoms with Crippen LogP contribution in [-0.2, 0) is 11.3 Å². The summed E-state index contributed by atoms with van der Waals surface area (Å²) < 4.78 is 6.93. The molecule has 0 bridgehead atoms. The van der Waals surface area contributed by atoms with Crippen LogP contribution in [-0.4, -0.2) is 27.6 Å². The summed E-state index contributed by atoms with van der Waals surface area (Å²) in [5, 5.41) is 6.60. The van der Waals surface area contributed by atoms with Crippen molar-refractivity contribution in [3.63, 3.8) is 0 Å². The molecule has 2 aromatic carbocycles. The van der Waals surface area contributed by atoms with Gasteiger partial charge < -0.3 is 15.4 Å². The van der Waals surface area contributed by atoms with Gasteiger partial charge in [-0.2, -0.15) is 4.98 Å². The van der Waals surface area contributed by atoms with Crippen molar-refractivity contribution in [2.24, 2.45) is 0 Å². The second kappa shape index (κ2) is 9.13. The molecule has 4 aromatic rings. The van der Waals surface area contributed by atoms with Crippen LogP contribution in [0.15, 0.2) is 84.3 Å². The third kappa shape index (κ3) is 4.49. The predicted octanol–water partition coefficient (Wildman–Crippen LogP) is 3.72. The number of benzene rings is 2. The lowest BCUT2D eigenvalue weighted by molar-refractivity contribution is -0.111. The number of nitrogens with one attached hydrogen (secondary N) is 2. The molecule has 0 unspecified atom stereocenters. The van der Waals surface area contributed by atoms with Gasteiger partial charge in [-0.1, -0.05) is 30.8 Å². The number of methoxy groups -OCH3 is 1. The van der Waals surface area contributed by atoms with Crippen molar-refractivity contribution >= 4 is 34.3 Å². The van der Waals surface area contributed by atoms with E-state index in [9.17, 15) is 9.59 Å². The van der Waals surface area contributed by atoms with Gasteiger partial charge in [0.1, 0.15) is 11.4 Å². The highest BCUT2D eigenvalue weighted by molar-refractivity contribution is 5.98. The standard InChI is InChI=1S/C24H21N5O3/c1-3-21(30)26-18-8-6-7-16(13-18)15-29-22(31)12-11-17-14-25-24(28-23(17)29)27-19-9-4-5-10-20(19)32-2/h3-14H,1,15H2,2H3,(H,26,30)(H,25,27,28). The van der Waals surface area contributed by atoms with E-state index in [-0.39, 0.29) is 18.0 Å². The average molecular weight is 427 g/mol. The van der Waals surface area contributed by atoms with Gasteiger partial charge in [0, 0.05) is 23.3 Å². The minimum atomic E-state index is -0.302. The Bertz CT molecular complexity index is 1360. The summed E-state index contributed by atoms with van der Waals surface area (Å²) >= 11 is 0. The molecule has 0 aliphatic heterocycles. The molecule has 0 saturated heterocycles. The largest absolute Gasteiger partial charge is 0.495 e. The Kier molecular flexibility index (Phi) is 5.94. The molecule has 0 fully saturated rings. The monoisotopic (exact) mass is 427 g/mol. The smallest absolute Gasteiger partial charge is 0.252 e. The molecule has 0 spiro atoms. The first-order valence-corrected chi connectivity index (χ1v) is 9.86. The SMILES string of the molecule is C=CC(=O)Nc1cccc(Cn2c(=O)ccc3cnc(Nc4ccccc4OC)nc32)c1. The number of hydrogen-bond acceptors (Lipinski definition) is 6. The van der Waals surface area contributed by atoms with Crippen LogP contribution in [0.4, 0.5) is 17.3 Å². The third-order valence-corrected chi connectivity index (χ3v) is 4.80. The fourth-order valence-corrected chi connectivity index (χ4v) is 3.28. The molecule has 4 rings (SSSR count). The number of anilines is 3. The Morgan fingerprint density at radius 1 is 1.16 bits per heavy atom. The Morgan fingerprint density at radius 2 is 2.00 bits per heavy atom. The molecule has 160 valence electrons. The normalized spacial score (nSPS) is 10.5. The summed E-state index contributed by atoms with van der Waals surface area (Å²) in [4.78, 5) is 33.2. The number of aromatic nitrogens is 3. The van der Waals surface area contributed by atoms with E-state index < -0.39 is 0 Å². The first kappa shape index (κ1) is 20.8. The predicted molar refractivity (Wildman–Crippen MR) is 124 cm³/mol. The summed E-state index contributed by atoms with van der Waals surface area (Å²) in [6.07, 6.45) is 2.87. The maximum Gasteiger partial charge on any atom is 0.252 e. The molecule has 2 heterocycles. The fourth-order valence-electron chi connectivity index (χ4n) is 3.28. The average Bonchev–Trinajstić information content (AvgIpc) is 2.81. The van der Waals surface area contributed by atoms with Crippen molar-refractivity contribution in [1.82, 2.24) is 14.5 Å². The number of nitrogens with zero attached hydrogens (tertiary/aromatic N) is 3. The maximum absolute atomic E-state index is 12.7. The summed E-state index contributed by atoms with van der Waals surface area (Å²) in [5.41, 5.74) is 2.46. The Morgan fingerprint density at radius 3 is 2.81 bits per heavy atom. The van der Waals surface area contributed by atoms with E-state index in [4.69, 9.17) is 4.74 Å². The number of carbonyl (C=O) groups is 1. The maximum atomic E-state index is 12.7. The van der Waals surface area contributed by atoms with E-state index in [1.54, 1.807) is 30.0 Å². The minimum Gasteiger partial charge on any atom is -0.495 e. The van der Waals surface area contributed by atoms with Crippen LogP contribution >= 0.6 is 0 Å². The van der Waals surface area contributed by atoms with Crippen LogP contribution in [0.1, 0.15) is 5.56 Å². The molecule has 0 radical (unpaired) electrons. The number of para-hydroxylation sites is 2. The van der Waals surface area contributed by atoms with E-state index in [0.717, 1.165) is 10.9 Å². The number of carbonyl (C=O) groups excluding carboxylic acids is 1. The van der Waals surface area contributed by atoms with Crippen molar-refractivity contribution in [1.29, 1.82) is 0 Å². The van der Waals surface area contributed by atoms with Gasteiger partial charge in [-0.15, -0.1) is 0 Å². The molecule has 0 aliphatic carbocycles. The number of rotatable bonds is 7. The fraction of sp³-hybridized carbons (Fsp3) is 0.0833. The molecule has 32 heavy (non-hydrogen) atoms. The van der Waals surface area contributed by atoms with Gasteiger partial charge >= 0.3 is 0 Å². The second-order valence-electron chi connectivity index (χ2n) is 6.95. The molecular formula is C24H21N5O3. The zero-order valence-electron chi connectivity index (χ0n) is 17.4. The number of hydrogen-bond donors (Lipinski definition) is 2. The molecule has 2 aromatic heterocycles. The third-order valence-electron chi connectivity index (χ3n) is 4.80. The number of amides is 1. The lowest BCUT2D eigenvalue weighted by atomic mass is 10.2. The molecule has 0 saturated carbocycles. The summed E-state index contributed by atoms with van der Waals surface area (Å²) in [6, 6.07) is 17.9. The van der Waals surface area contributed by atoms with Crippen LogP contribution in [0.5, 0.6) is 5.75 Å². The minimum absolute atomic E-state index is 0.194. The highest BCUT2D eigenvalue weighted by atomic mass is 16.5. The summed E-state index contributed by atoms with van der Waals surface area (Å²) in [5.74, 6) is 0.692. The Labute approximate surface area is 184 Å². The van der Waals surface area contributed by atoms with Gasteiger partial charge in [-0.3, -0.25) is 14.2 Å². The van der Waals surface area contributed by atoms with Crippen molar-refractivity contribution in [3.8, 4) is 5.75 Å². The van der Waals surface area contributed by atoms with Crippen LogP contribution in [0.25, 0.3) is 11.0 Å². The van der Waals surface area contributed by atoms with Crippen LogP contribution in [0.2, 0.25) is 0 Å². The first-order valence-electron chi connectivity index (χ1n) is 9.86. The molecular weight excluding hydrogens is 406 g/mol. The first-order chi connectivity index (χ1) is 15.6. The van der Waals surface area contributed by atoms with E-state index in [0.29, 0.717) is 28.7 Å². The van der Waals surface area contributed by atoms with Gasteiger partial charge in [0.2, 0.25) is 11.9 Å². The number of pyridine rings is 1. The second-order valence-corrected chi connectivity index (χ2v) is 6.95. The summed E-state index contributed by atoms with van der Waals surface area (Å²) in [7, 11) is 1.59. The zero-order valence-corrected chi connectivity index (χ0v) is 17.4. The lowest BCUT2D eigenvalue weighted by Gasteiger charge is -2.13. The summed E-state index contributed by atoms with van der Waals surface area (Å²) in [6.45, 7) is 3.73. The molecule has 8 heteroatoms. The highest BCUT2D eigenvalue weighted by Crippen LogP contribution is 2.26. The zero-order chi connectivity index (χ0) is 22.5. The van der Waals surface area contributed by atoms with Crippen LogP contribution in [0.3, 0.4) is 0 Å². The van der Waals surface area contributed by atoms with Gasteiger partial charge in [-0.05, 0) is 42.0 Å². The lowest BCUT2D eigenvalue weighted by Crippen LogP contribution is -2.21. The van der Waals surface area contributed by atoms with Crippen molar-refractivity contribution in [2.45, 2.75) is 6.54 Å². The van der Waals surface area contributed by atoms with Crippen molar-refractivity contribution in [2.75, 3.05) is 17.7 Å². The number of ether oxygens (including phenoxy) is 1.